The molecular formula is C9H12F3N3O2S. The lowest BCUT2D eigenvalue weighted by Gasteiger charge is -2.10. The molecule has 18 heavy (non-hydrogen) atoms. The molecule has 5 nitrogen and oxygen atoms in total. The van der Waals surface area contributed by atoms with Crippen LogP contribution in [0.4, 0.5) is 13.2 Å². The zero-order valence-electron chi connectivity index (χ0n) is 9.24. The monoisotopic (exact) mass is 283 g/mol. The summed E-state index contributed by atoms with van der Waals surface area (Å²) in [4.78, 5) is 3.55. The lowest BCUT2D eigenvalue weighted by Crippen LogP contribution is -2.29. The Morgan fingerprint density at radius 1 is 1.39 bits per heavy atom. The molecule has 0 saturated heterocycles. The number of alkyl halides is 3. The van der Waals surface area contributed by atoms with Crippen LogP contribution in [0.1, 0.15) is 12.1 Å². The lowest BCUT2D eigenvalue weighted by molar-refractivity contribution is -0.132. The van der Waals surface area contributed by atoms with Crippen LogP contribution in [0.15, 0.2) is 23.2 Å². The zero-order chi connectivity index (χ0) is 13.8. The van der Waals surface area contributed by atoms with Gasteiger partial charge in [-0.3, -0.25) is 4.98 Å². The van der Waals surface area contributed by atoms with Crippen LogP contribution in [0.3, 0.4) is 0 Å². The van der Waals surface area contributed by atoms with E-state index in [-0.39, 0.29) is 17.1 Å². The van der Waals surface area contributed by atoms with Crippen LogP contribution in [-0.2, 0) is 16.6 Å². The highest BCUT2D eigenvalue weighted by Gasteiger charge is 2.28. The number of sulfonamides is 1. The Labute approximate surface area is 102 Å². The van der Waals surface area contributed by atoms with Crippen molar-refractivity contribution in [1.82, 2.24) is 9.71 Å². The smallest absolute Gasteiger partial charge is 0.325 e. The quantitative estimate of drug-likeness (QED) is 0.836. The van der Waals surface area contributed by atoms with Crippen LogP contribution in [0, 0.1) is 0 Å². The Kier molecular flexibility index (Phi) is 4.65. The molecule has 0 aromatic carbocycles. The standard InChI is InChI=1S/C9H12F3N3O2S/c10-9(11,12)3-5-15-18(16,17)8-2-1-4-14-7(8)6-13/h1-2,4,15H,3,5-6,13H2. The summed E-state index contributed by atoms with van der Waals surface area (Å²) in [5, 5.41) is 0. The average molecular weight is 283 g/mol. The highest BCUT2D eigenvalue weighted by molar-refractivity contribution is 7.89. The van der Waals surface area contributed by atoms with Gasteiger partial charge in [-0.2, -0.15) is 13.2 Å². The first-order chi connectivity index (χ1) is 8.26. The summed E-state index contributed by atoms with van der Waals surface area (Å²) in [7, 11) is -4.02. The third kappa shape index (κ3) is 4.24. The van der Waals surface area contributed by atoms with Crippen LogP contribution >= 0.6 is 0 Å². The summed E-state index contributed by atoms with van der Waals surface area (Å²) in [5.41, 5.74) is 5.42. The second-order valence-corrected chi connectivity index (χ2v) is 5.15. The molecule has 0 aliphatic rings. The largest absolute Gasteiger partial charge is 0.390 e. The van der Waals surface area contributed by atoms with Gasteiger partial charge in [-0.25, -0.2) is 13.1 Å². The normalized spacial score (nSPS) is 12.7. The van der Waals surface area contributed by atoms with Crippen molar-refractivity contribution in [2.75, 3.05) is 6.54 Å². The highest BCUT2D eigenvalue weighted by Crippen LogP contribution is 2.19. The predicted octanol–water partition coefficient (Wildman–Crippen LogP) is 0.771. The lowest BCUT2D eigenvalue weighted by atomic mass is 10.3. The van der Waals surface area contributed by atoms with E-state index in [1.165, 1.54) is 18.3 Å². The van der Waals surface area contributed by atoms with Gasteiger partial charge in [0.1, 0.15) is 4.90 Å². The molecule has 0 aliphatic heterocycles. The van der Waals surface area contributed by atoms with Gasteiger partial charge in [0.05, 0.1) is 12.1 Å². The van der Waals surface area contributed by atoms with Crippen molar-refractivity contribution in [3.63, 3.8) is 0 Å². The number of nitrogens with two attached hydrogens (primary N) is 1. The van der Waals surface area contributed by atoms with E-state index in [1.807, 2.05) is 4.72 Å². The van der Waals surface area contributed by atoms with Crippen molar-refractivity contribution < 1.29 is 21.6 Å². The van der Waals surface area contributed by atoms with Gasteiger partial charge >= 0.3 is 6.18 Å². The molecule has 0 unspecified atom stereocenters. The second kappa shape index (κ2) is 5.63. The summed E-state index contributed by atoms with van der Waals surface area (Å²) in [5.74, 6) is 0. The molecule has 1 aromatic rings. The fourth-order valence-corrected chi connectivity index (χ4v) is 2.46. The second-order valence-electron chi connectivity index (χ2n) is 3.42. The van der Waals surface area contributed by atoms with Gasteiger partial charge < -0.3 is 5.73 Å². The molecule has 9 heteroatoms. The molecule has 1 heterocycles. The highest BCUT2D eigenvalue weighted by atomic mass is 32.2. The van der Waals surface area contributed by atoms with Crippen molar-refractivity contribution in [3.8, 4) is 0 Å². The average Bonchev–Trinajstić information content (AvgIpc) is 2.27. The number of nitrogens with one attached hydrogen (secondary N) is 1. The number of aromatic nitrogens is 1. The molecule has 0 amide bonds. The van der Waals surface area contributed by atoms with Crippen LogP contribution in [0.2, 0.25) is 0 Å². The van der Waals surface area contributed by atoms with E-state index in [1.54, 1.807) is 0 Å². The number of halogens is 3. The van der Waals surface area contributed by atoms with Crippen LogP contribution in [0.25, 0.3) is 0 Å². The van der Waals surface area contributed by atoms with Gasteiger partial charge in [-0.1, -0.05) is 0 Å². The third-order valence-electron chi connectivity index (χ3n) is 2.03. The van der Waals surface area contributed by atoms with Crippen molar-refractivity contribution in [2.24, 2.45) is 5.73 Å². The third-order valence-corrected chi connectivity index (χ3v) is 3.57. The summed E-state index contributed by atoms with van der Waals surface area (Å²) >= 11 is 0. The van der Waals surface area contributed by atoms with Gasteiger partial charge in [0, 0.05) is 19.3 Å². The van der Waals surface area contributed by atoms with E-state index in [2.05, 4.69) is 4.98 Å². The number of nitrogens with zero attached hydrogens (tertiary/aromatic N) is 1. The van der Waals surface area contributed by atoms with Crippen molar-refractivity contribution in [3.05, 3.63) is 24.0 Å². The Balaban J connectivity index is 2.81. The molecule has 102 valence electrons. The topological polar surface area (TPSA) is 85.1 Å². The van der Waals surface area contributed by atoms with E-state index in [0.717, 1.165) is 0 Å². The van der Waals surface area contributed by atoms with E-state index < -0.39 is 29.2 Å². The van der Waals surface area contributed by atoms with Gasteiger partial charge in [0.15, 0.2) is 0 Å². The van der Waals surface area contributed by atoms with E-state index >= 15 is 0 Å². The SMILES string of the molecule is NCc1ncccc1S(=O)(=O)NCCC(F)(F)F. The maximum absolute atomic E-state index is 11.9. The molecule has 0 atom stereocenters. The van der Waals surface area contributed by atoms with Crippen molar-refractivity contribution in [1.29, 1.82) is 0 Å². The Bertz CT molecular complexity index is 502. The summed E-state index contributed by atoms with van der Waals surface area (Å²) < 4.78 is 61.0. The van der Waals surface area contributed by atoms with Gasteiger partial charge in [0.25, 0.3) is 0 Å². The summed E-state index contributed by atoms with van der Waals surface area (Å²) in [6.45, 7) is -0.832. The minimum absolute atomic E-state index is 0.108. The molecule has 3 N–H and O–H groups in total. The first-order valence-corrected chi connectivity index (χ1v) is 6.45. The summed E-state index contributed by atoms with van der Waals surface area (Å²) in [6.07, 6.45) is -4.28. The first-order valence-electron chi connectivity index (χ1n) is 4.96. The van der Waals surface area contributed by atoms with Gasteiger partial charge in [0.2, 0.25) is 10.0 Å². The van der Waals surface area contributed by atoms with Crippen LogP contribution in [0.5, 0.6) is 0 Å². The van der Waals surface area contributed by atoms with E-state index in [9.17, 15) is 21.6 Å². The maximum atomic E-state index is 11.9. The van der Waals surface area contributed by atoms with E-state index in [4.69, 9.17) is 5.73 Å². The minimum atomic E-state index is -4.41. The molecule has 0 bridgehead atoms. The first kappa shape index (κ1) is 14.9. The number of hydrogen-bond acceptors (Lipinski definition) is 4. The number of pyridine rings is 1. The molecule has 1 aromatic heterocycles. The number of hydrogen-bond donors (Lipinski definition) is 2. The Morgan fingerprint density at radius 2 is 2.06 bits per heavy atom. The number of rotatable bonds is 5. The fourth-order valence-electron chi connectivity index (χ4n) is 1.23. The maximum Gasteiger partial charge on any atom is 0.390 e. The van der Waals surface area contributed by atoms with Gasteiger partial charge in [-0.15, -0.1) is 0 Å². The Morgan fingerprint density at radius 3 is 2.61 bits per heavy atom. The van der Waals surface area contributed by atoms with E-state index in [0.29, 0.717) is 0 Å². The molecule has 0 radical (unpaired) electrons. The van der Waals surface area contributed by atoms with Crippen LogP contribution < -0.4 is 10.5 Å². The molecule has 0 fully saturated rings. The molecular weight excluding hydrogens is 271 g/mol. The zero-order valence-corrected chi connectivity index (χ0v) is 10.1. The molecule has 0 spiro atoms. The summed E-state index contributed by atoms with van der Waals surface area (Å²) in [6, 6.07) is 2.61. The minimum Gasteiger partial charge on any atom is -0.325 e. The van der Waals surface area contributed by atoms with Crippen molar-refractivity contribution >= 4 is 10.0 Å². The molecule has 1 rings (SSSR count). The fraction of sp³-hybridized carbons (Fsp3) is 0.444. The van der Waals surface area contributed by atoms with Gasteiger partial charge in [-0.05, 0) is 12.1 Å². The molecule has 0 saturated carbocycles. The van der Waals surface area contributed by atoms with Crippen molar-refractivity contribution in [2.45, 2.75) is 24.0 Å². The Hall–Kier alpha value is -1.19. The predicted molar refractivity (Wildman–Crippen MR) is 58.0 cm³/mol. The molecule has 0 aliphatic carbocycles. The van der Waals surface area contributed by atoms with Crippen LogP contribution in [-0.4, -0.2) is 26.1 Å².